The molecular formula is C23H32NO6-. The lowest BCUT2D eigenvalue weighted by molar-refractivity contribution is -0.305. The van der Waals surface area contributed by atoms with Crippen molar-refractivity contribution in [2.75, 3.05) is 20.2 Å². The molecule has 3 rings (SSSR count). The first-order chi connectivity index (χ1) is 14.2. The molecule has 7 nitrogen and oxygen atoms in total. The monoisotopic (exact) mass is 418 g/mol. The van der Waals surface area contributed by atoms with E-state index in [1.165, 1.54) is 12.8 Å². The normalized spacial score (nSPS) is 25.3. The van der Waals surface area contributed by atoms with Crippen molar-refractivity contribution >= 4 is 11.9 Å². The van der Waals surface area contributed by atoms with Gasteiger partial charge in [0.05, 0.1) is 19.3 Å². The van der Waals surface area contributed by atoms with Crippen molar-refractivity contribution < 1.29 is 29.3 Å². The van der Waals surface area contributed by atoms with Crippen LogP contribution in [0.1, 0.15) is 63.9 Å². The predicted molar refractivity (Wildman–Crippen MR) is 109 cm³/mol. The zero-order valence-corrected chi connectivity index (χ0v) is 18.1. The zero-order valence-electron chi connectivity index (χ0n) is 18.1. The number of benzene rings is 1. The van der Waals surface area contributed by atoms with Gasteiger partial charge in [0.1, 0.15) is 0 Å². The maximum absolute atomic E-state index is 12.5. The molecular weight excluding hydrogens is 386 g/mol. The summed E-state index contributed by atoms with van der Waals surface area (Å²) in [6.07, 6.45) is 3.53. The van der Waals surface area contributed by atoms with E-state index in [0.29, 0.717) is 24.6 Å². The van der Waals surface area contributed by atoms with Gasteiger partial charge in [0, 0.05) is 36.8 Å². The summed E-state index contributed by atoms with van der Waals surface area (Å²) in [5, 5.41) is 21.3. The summed E-state index contributed by atoms with van der Waals surface area (Å²) in [6.45, 7) is 4.49. The van der Waals surface area contributed by atoms with Gasteiger partial charge in [-0.15, -0.1) is 0 Å². The molecule has 0 spiro atoms. The first kappa shape index (κ1) is 22.4. The summed E-state index contributed by atoms with van der Waals surface area (Å²) in [7, 11) is 1.61. The molecule has 3 unspecified atom stereocenters. The Kier molecular flexibility index (Phi) is 6.91. The third-order valence-electron chi connectivity index (χ3n) is 6.77. The molecule has 1 aliphatic heterocycles. The largest absolute Gasteiger partial charge is 0.550 e. The van der Waals surface area contributed by atoms with E-state index in [9.17, 15) is 19.8 Å². The highest BCUT2D eigenvalue weighted by Gasteiger charge is 2.48. The number of hydrogen-bond acceptors (Lipinski definition) is 6. The third-order valence-corrected chi connectivity index (χ3v) is 6.77. The summed E-state index contributed by atoms with van der Waals surface area (Å²) >= 11 is 0. The number of nitrogens with zero attached hydrogens (tertiary/aromatic N) is 1. The highest BCUT2D eigenvalue weighted by molar-refractivity contribution is 5.80. The van der Waals surface area contributed by atoms with Crippen molar-refractivity contribution in [2.45, 2.75) is 70.5 Å². The fourth-order valence-electron chi connectivity index (χ4n) is 4.67. The fourth-order valence-corrected chi connectivity index (χ4v) is 4.67. The van der Waals surface area contributed by atoms with E-state index in [1.807, 2.05) is 25.1 Å². The Hall–Kier alpha value is -2.28. The number of ether oxygens (including phenoxy) is 2. The van der Waals surface area contributed by atoms with Gasteiger partial charge in [-0.1, -0.05) is 13.0 Å². The van der Waals surface area contributed by atoms with Gasteiger partial charge in [-0.3, -0.25) is 4.79 Å². The minimum atomic E-state index is -1.23. The Morgan fingerprint density at radius 1 is 1.27 bits per heavy atom. The molecule has 1 aromatic carbocycles. The fraction of sp³-hybridized carbons (Fsp3) is 0.652. The lowest BCUT2D eigenvalue weighted by Crippen LogP contribution is -2.38. The van der Waals surface area contributed by atoms with E-state index in [-0.39, 0.29) is 30.8 Å². The first-order valence-corrected chi connectivity index (χ1v) is 10.7. The molecule has 1 aliphatic carbocycles. The van der Waals surface area contributed by atoms with Crippen LogP contribution in [-0.4, -0.2) is 54.3 Å². The number of aliphatic carboxylic acids is 1. The number of aliphatic hydroxyl groups excluding tert-OH is 1. The number of aliphatic hydroxyl groups is 1. The maximum Gasteiger partial charge on any atom is 0.222 e. The van der Waals surface area contributed by atoms with Gasteiger partial charge in [-0.25, -0.2) is 0 Å². The summed E-state index contributed by atoms with van der Waals surface area (Å²) in [4.78, 5) is 24.9. The molecule has 0 radical (unpaired) electrons. The molecule has 0 aromatic heterocycles. The van der Waals surface area contributed by atoms with E-state index in [0.717, 1.165) is 18.4 Å². The van der Waals surface area contributed by atoms with Crippen LogP contribution in [0.4, 0.5) is 0 Å². The van der Waals surface area contributed by atoms with Gasteiger partial charge in [-0.05, 0) is 56.7 Å². The third kappa shape index (κ3) is 4.72. The van der Waals surface area contributed by atoms with Crippen molar-refractivity contribution in [3.05, 3.63) is 23.8 Å². The molecule has 30 heavy (non-hydrogen) atoms. The van der Waals surface area contributed by atoms with E-state index in [4.69, 9.17) is 9.47 Å². The Balaban J connectivity index is 1.85. The number of carbonyl (C=O) groups excluding carboxylic acids is 2. The van der Waals surface area contributed by atoms with Crippen LogP contribution in [0.25, 0.3) is 0 Å². The Morgan fingerprint density at radius 3 is 2.57 bits per heavy atom. The summed E-state index contributed by atoms with van der Waals surface area (Å²) in [5.74, 6) is -0.215. The molecule has 2 fully saturated rings. The molecule has 7 heteroatoms. The Bertz CT molecular complexity index is 773. The highest BCUT2D eigenvalue weighted by atomic mass is 16.5. The van der Waals surface area contributed by atoms with Crippen molar-refractivity contribution in [1.82, 2.24) is 4.90 Å². The van der Waals surface area contributed by atoms with E-state index in [2.05, 4.69) is 0 Å². The topological polar surface area (TPSA) is 99.1 Å². The van der Waals surface area contributed by atoms with E-state index in [1.54, 1.807) is 18.9 Å². The van der Waals surface area contributed by atoms with Crippen LogP contribution in [-0.2, 0) is 9.59 Å². The molecule has 2 aliphatic rings. The summed E-state index contributed by atoms with van der Waals surface area (Å²) in [6, 6.07) is 5.81. The van der Waals surface area contributed by atoms with Crippen LogP contribution in [0.3, 0.4) is 0 Å². The lowest BCUT2D eigenvalue weighted by Gasteiger charge is -2.34. The van der Waals surface area contributed by atoms with Crippen LogP contribution < -0.4 is 14.6 Å². The number of carboxylic acid groups (broad SMARTS) is 1. The van der Waals surface area contributed by atoms with Gasteiger partial charge in [0.2, 0.25) is 5.91 Å². The molecule has 1 amide bonds. The number of carboxylic acids is 1. The van der Waals surface area contributed by atoms with Crippen molar-refractivity contribution in [1.29, 1.82) is 0 Å². The van der Waals surface area contributed by atoms with E-state index < -0.39 is 17.5 Å². The van der Waals surface area contributed by atoms with Crippen molar-refractivity contribution in [3.63, 3.8) is 0 Å². The second-order valence-corrected chi connectivity index (χ2v) is 8.82. The van der Waals surface area contributed by atoms with Crippen LogP contribution >= 0.6 is 0 Å². The first-order valence-electron chi connectivity index (χ1n) is 10.7. The molecule has 1 heterocycles. The molecule has 166 valence electrons. The summed E-state index contributed by atoms with van der Waals surface area (Å²) in [5.41, 5.74) is 0.415. The number of amides is 1. The molecule has 3 atom stereocenters. The average molecular weight is 419 g/mol. The van der Waals surface area contributed by atoms with Crippen molar-refractivity contribution in [3.8, 4) is 11.5 Å². The second-order valence-electron chi connectivity index (χ2n) is 8.82. The average Bonchev–Trinajstić information content (AvgIpc) is 3.34. The smallest absolute Gasteiger partial charge is 0.222 e. The highest BCUT2D eigenvalue weighted by Crippen LogP contribution is 2.47. The number of hydrogen-bond donors (Lipinski definition) is 1. The van der Waals surface area contributed by atoms with Gasteiger partial charge in [0.15, 0.2) is 11.5 Å². The quantitative estimate of drug-likeness (QED) is 0.692. The van der Waals surface area contributed by atoms with Crippen LogP contribution in [0, 0.1) is 5.41 Å². The SMILES string of the molecule is COc1ccc(C2CN(C(=O)CCC(=O)[O-])CC2(C)C(C)O)cc1OC1CCCC1. The molecule has 1 saturated carbocycles. The standard InChI is InChI=1S/C23H33NO6/c1-15(25)23(2)14-24(21(26)10-11-22(27)28)13-18(23)16-8-9-19(29-3)20(12-16)30-17-6-4-5-7-17/h8-9,12,15,17-18,25H,4-7,10-11,13-14H2,1-3H3,(H,27,28)/p-1. The molecule has 1 N–H and O–H groups in total. The summed E-state index contributed by atoms with van der Waals surface area (Å²) < 4.78 is 11.7. The van der Waals surface area contributed by atoms with Crippen LogP contribution in [0.2, 0.25) is 0 Å². The molecule has 1 saturated heterocycles. The van der Waals surface area contributed by atoms with Gasteiger partial charge in [-0.2, -0.15) is 0 Å². The number of likely N-dealkylation sites (tertiary alicyclic amines) is 1. The zero-order chi connectivity index (χ0) is 21.9. The van der Waals surface area contributed by atoms with Crippen LogP contribution in [0.15, 0.2) is 18.2 Å². The maximum atomic E-state index is 12.5. The minimum Gasteiger partial charge on any atom is -0.550 e. The number of carbonyl (C=O) groups is 2. The Morgan fingerprint density at radius 2 is 1.97 bits per heavy atom. The molecule has 0 bridgehead atoms. The predicted octanol–water partition coefficient (Wildman–Crippen LogP) is 1.86. The van der Waals surface area contributed by atoms with Gasteiger partial charge >= 0.3 is 0 Å². The number of rotatable bonds is 8. The van der Waals surface area contributed by atoms with E-state index >= 15 is 0 Å². The van der Waals surface area contributed by atoms with Crippen LogP contribution in [0.5, 0.6) is 11.5 Å². The second kappa shape index (κ2) is 9.25. The van der Waals surface area contributed by atoms with Crippen molar-refractivity contribution in [2.24, 2.45) is 5.41 Å². The number of methoxy groups -OCH3 is 1. The lowest BCUT2D eigenvalue weighted by atomic mass is 9.72. The minimum absolute atomic E-state index is 0.0937. The van der Waals surface area contributed by atoms with Gasteiger partial charge in [0.25, 0.3) is 0 Å². The Labute approximate surface area is 178 Å². The van der Waals surface area contributed by atoms with Gasteiger partial charge < -0.3 is 29.4 Å². The molecule has 1 aromatic rings.